The van der Waals surface area contributed by atoms with Crippen LogP contribution in [-0.2, 0) is 9.59 Å². The fourth-order valence-electron chi connectivity index (χ4n) is 1.88. The standard InChI is InChI=1S/C15H19N5O2.2ClH/c1-9(2)14(16)15(22)19-8-13(21)20-12-4-6-18-11-3-5-17-7-10(11)12;;/h3-7,9,14H,8,16H2,1-2H3,(H,19,22)(H,18,20,21);2*1H/t14-;;/m0../s1. The Hall–Kier alpha value is -1.96. The predicted molar refractivity (Wildman–Crippen MR) is 98.5 cm³/mol. The topological polar surface area (TPSA) is 110 Å². The Morgan fingerprint density at radius 2 is 1.92 bits per heavy atom. The molecule has 2 aromatic rings. The van der Waals surface area contributed by atoms with Crippen molar-refractivity contribution in [1.29, 1.82) is 0 Å². The predicted octanol–water partition coefficient (Wildman–Crippen LogP) is 1.51. The Kier molecular flexibility index (Phi) is 9.20. The third-order valence-corrected chi connectivity index (χ3v) is 3.26. The van der Waals surface area contributed by atoms with E-state index in [9.17, 15) is 9.59 Å². The summed E-state index contributed by atoms with van der Waals surface area (Å²) in [6.07, 6.45) is 4.87. The summed E-state index contributed by atoms with van der Waals surface area (Å²) in [6, 6.07) is 2.82. The molecule has 24 heavy (non-hydrogen) atoms. The van der Waals surface area contributed by atoms with E-state index in [1.165, 1.54) is 0 Å². The van der Waals surface area contributed by atoms with Crippen LogP contribution in [0.3, 0.4) is 0 Å². The van der Waals surface area contributed by atoms with Gasteiger partial charge in [0.15, 0.2) is 0 Å². The molecule has 0 bridgehead atoms. The highest BCUT2D eigenvalue weighted by Gasteiger charge is 2.17. The lowest BCUT2D eigenvalue weighted by Crippen LogP contribution is -2.46. The van der Waals surface area contributed by atoms with E-state index >= 15 is 0 Å². The average Bonchev–Trinajstić information content (AvgIpc) is 2.52. The van der Waals surface area contributed by atoms with Crippen molar-refractivity contribution in [3.05, 3.63) is 30.7 Å². The van der Waals surface area contributed by atoms with Crippen LogP contribution in [0.5, 0.6) is 0 Å². The first-order valence-electron chi connectivity index (χ1n) is 7.01. The van der Waals surface area contributed by atoms with Crippen LogP contribution >= 0.6 is 24.8 Å². The number of amides is 2. The second-order valence-electron chi connectivity index (χ2n) is 5.29. The van der Waals surface area contributed by atoms with Gasteiger partial charge in [0.25, 0.3) is 0 Å². The molecule has 0 aliphatic carbocycles. The SMILES string of the molecule is CC(C)[C@H](N)C(=O)NCC(=O)Nc1ccnc2ccncc12.Cl.Cl. The molecule has 2 amide bonds. The maximum absolute atomic E-state index is 11.9. The number of hydrogen-bond acceptors (Lipinski definition) is 5. The number of carbonyl (C=O) groups excluding carboxylic acids is 2. The molecule has 0 radical (unpaired) electrons. The Morgan fingerprint density at radius 3 is 2.58 bits per heavy atom. The molecule has 2 rings (SSSR count). The van der Waals surface area contributed by atoms with E-state index in [2.05, 4.69) is 20.6 Å². The van der Waals surface area contributed by atoms with Crippen LogP contribution in [0.15, 0.2) is 30.7 Å². The quantitative estimate of drug-likeness (QED) is 0.735. The molecule has 0 saturated carbocycles. The summed E-state index contributed by atoms with van der Waals surface area (Å²) in [5.74, 6) is -0.662. The Labute approximate surface area is 152 Å². The molecule has 0 unspecified atom stereocenters. The fourth-order valence-corrected chi connectivity index (χ4v) is 1.88. The van der Waals surface area contributed by atoms with Crippen molar-refractivity contribution in [2.24, 2.45) is 11.7 Å². The number of fused-ring (bicyclic) bond motifs is 1. The molecule has 1 atom stereocenters. The zero-order valence-electron chi connectivity index (χ0n) is 13.4. The number of pyridine rings is 2. The zero-order chi connectivity index (χ0) is 16.1. The van der Waals surface area contributed by atoms with Crippen molar-refractivity contribution in [3.63, 3.8) is 0 Å². The molecule has 0 saturated heterocycles. The first kappa shape index (κ1) is 22.0. The molecule has 0 aliphatic rings. The zero-order valence-corrected chi connectivity index (χ0v) is 15.0. The molecule has 4 N–H and O–H groups in total. The molecule has 2 aromatic heterocycles. The monoisotopic (exact) mass is 373 g/mol. The first-order valence-corrected chi connectivity index (χ1v) is 7.01. The van der Waals surface area contributed by atoms with E-state index in [4.69, 9.17) is 5.73 Å². The Morgan fingerprint density at radius 1 is 1.21 bits per heavy atom. The summed E-state index contributed by atoms with van der Waals surface area (Å²) in [4.78, 5) is 31.9. The van der Waals surface area contributed by atoms with Crippen LogP contribution in [0.2, 0.25) is 0 Å². The lowest BCUT2D eigenvalue weighted by atomic mass is 10.1. The molecular formula is C15H21Cl2N5O2. The highest BCUT2D eigenvalue weighted by molar-refractivity contribution is 6.02. The fraction of sp³-hybridized carbons (Fsp3) is 0.333. The van der Waals surface area contributed by atoms with Gasteiger partial charge >= 0.3 is 0 Å². The van der Waals surface area contributed by atoms with Crippen molar-refractivity contribution >= 4 is 53.2 Å². The minimum Gasteiger partial charge on any atom is -0.346 e. The molecule has 132 valence electrons. The summed E-state index contributed by atoms with van der Waals surface area (Å²) in [5.41, 5.74) is 7.05. The number of nitrogens with one attached hydrogen (secondary N) is 2. The molecule has 9 heteroatoms. The Balaban J connectivity index is 0.00000264. The largest absolute Gasteiger partial charge is 0.346 e. The van der Waals surface area contributed by atoms with Gasteiger partial charge in [-0.05, 0) is 18.1 Å². The van der Waals surface area contributed by atoms with Gasteiger partial charge in [0.05, 0.1) is 23.8 Å². The van der Waals surface area contributed by atoms with Crippen LogP contribution in [0.1, 0.15) is 13.8 Å². The van der Waals surface area contributed by atoms with Gasteiger partial charge in [-0.25, -0.2) is 0 Å². The lowest BCUT2D eigenvalue weighted by molar-refractivity contribution is -0.125. The van der Waals surface area contributed by atoms with Gasteiger partial charge in [-0.3, -0.25) is 19.6 Å². The van der Waals surface area contributed by atoms with Crippen LogP contribution in [0.25, 0.3) is 10.9 Å². The molecule has 7 nitrogen and oxygen atoms in total. The highest BCUT2D eigenvalue weighted by Crippen LogP contribution is 2.19. The van der Waals surface area contributed by atoms with Crippen LogP contribution in [-0.4, -0.2) is 34.4 Å². The molecule has 2 heterocycles. The van der Waals surface area contributed by atoms with Crippen molar-refractivity contribution in [2.45, 2.75) is 19.9 Å². The van der Waals surface area contributed by atoms with Crippen molar-refractivity contribution in [2.75, 3.05) is 11.9 Å². The molecule has 0 spiro atoms. The van der Waals surface area contributed by atoms with Gasteiger partial charge in [-0.2, -0.15) is 0 Å². The second kappa shape index (κ2) is 10.0. The maximum atomic E-state index is 11.9. The van der Waals surface area contributed by atoms with Crippen molar-refractivity contribution < 1.29 is 9.59 Å². The van der Waals surface area contributed by atoms with Gasteiger partial charge in [-0.15, -0.1) is 24.8 Å². The minimum absolute atomic E-state index is 0. The van der Waals surface area contributed by atoms with E-state index in [1.54, 1.807) is 30.7 Å². The average molecular weight is 374 g/mol. The molecular weight excluding hydrogens is 353 g/mol. The summed E-state index contributed by atoms with van der Waals surface area (Å²) in [6.45, 7) is 3.56. The second-order valence-corrected chi connectivity index (χ2v) is 5.29. The minimum atomic E-state index is -0.626. The summed E-state index contributed by atoms with van der Waals surface area (Å²) < 4.78 is 0. The van der Waals surface area contributed by atoms with Crippen LogP contribution in [0, 0.1) is 5.92 Å². The number of halogens is 2. The number of nitrogens with two attached hydrogens (primary N) is 1. The normalized spacial score (nSPS) is 11.2. The number of aromatic nitrogens is 2. The smallest absolute Gasteiger partial charge is 0.243 e. The first-order chi connectivity index (χ1) is 10.5. The lowest BCUT2D eigenvalue weighted by Gasteiger charge is -2.15. The molecule has 0 aliphatic heterocycles. The van der Waals surface area contributed by atoms with Gasteiger partial charge in [-0.1, -0.05) is 13.8 Å². The summed E-state index contributed by atoms with van der Waals surface area (Å²) in [5, 5.41) is 6.00. The van der Waals surface area contributed by atoms with E-state index in [-0.39, 0.29) is 49.1 Å². The number of anilines is 1. The number of carbonyl (C=O) groups is 2. The van der Waals surface area contributed by atoms with Gasteiger partial charge in [0.1, 0.15) is 0 Å². The highest BCUT2D eigenvalue weighted by atomic mass is 35.5. The third-order valence-electron chi connectivity index (χ3n) is 3.26. The van der Waals surface area contributed by atoms with Gasteiger partial charge in [0, 0.05) is 24.0 Å². The maximum Gasteiger partial charge on any atom is 0.243 e. The number of hydrogen-bond donors (Lipinski definition) is 3. The Bertz CT molecular complexity index is 691. The van der Waals surface area contributed by atoms with Gasteiger partial charge in [0.2, 0.25) is 11.8 Å². The van der Waals surface area contributed by atoms with Gasteiger partial charge < -0.3 is 16.4 Å². The summed E-state index contributed by atoms with van der Waals surface area (Å²) in [7, 11) is 0. The molecule has 0 aromatic carbocycles. The third kappa shape index (κ3) is 5.59. The molecule has 0 fully saturated rings. The van der Waals surface area contributed by atoms with Crippen molar-refractivity contribution in [1.82, 2.24) is 15.3 Å². The van der Waals surface area contributed by atoms with Crippen LogP contribution < -0.4 is 16.4 Å². The van der Waals surface area contributed by atoms with Crippen molar-refractivity contribution in [3.8, 4) is 0 Å². The van der Waals surface area contributed by atoms with E-state index in [0.717, 1.165) is 10.9 Å². The van der Waals surface area contributed by atoms with E-state index in [1.807, 2.05) is 13.8 Å². The van der Waals surface area contributed by atoms with E-state index < -0.39 is 6.04 Å². The number of rotatable bonds is 5. The summed E-state index contributed by atoms with van der Waals surface area (Å²) >= 11 is 0. The van der Waals surface area contributed by atoms with Crippen LogP contribution in [0.4, 0.5) is 5.69 Å². The van der Waals surface area contributed by atoms with E-state index in [0.29, 0.717) is 5.69 Å². The number of nitrogens with zero attached hydrogens (tertiary/aromatic N) is 2.